The maximum Gasteiger partial charge on any atom is 0.407 e. The van der Waals surface area contributed by atoms with Crippen molar-refractivity contribution in [2.45, 2.75) is 37.5 Å². The number of carbonyl (C=O) groups excluding carboxylic acids is 1. The van der Waals surface area contributed by atoms with E-state index in [1.165, 1.54) is 11.0 Å². The molecule has 2 saturated heterocycles. The molecule has 0 aliphatic carbocycles. The fourth-order valence-electron chi connectivity index (χ4n) is 4.36. The summed E-state index contributed by atoms with van der Waals surface area (Å²) in [5.74, 6) is -0.411. The standard InChI is InChI=1S/C22H24FN3O3/c23-18-9-5-4-8-17(18)15-26-20(27)19(14-16-6-2-1-3-7-16)24-22(26)10-12-25(13-11-22)21(28)29/h1-9,19,24H,10-15H2,(H,28,29). The largest absolute Gasteiger partial charge is 0.465 e. The van der Waals surface area contributed by atoms with Gasteiger partial charge in [-0.1, -0.05) is 48.5 Å². The predicted octanol–water partition coefficient (Wildman–Crippen LogP) is 2.84. The zero-order chi connectivity index (χ0) is 20.4. The van der Waals surface area contributed by atoms with E-state index in [2.05, 4.69) is 5.32 Å². The Morgan fingerprint density at radius 3 is 2.41 bits per heavy atom. The second-order valence-electron chi connectivity index (χ2n) is 7.70. The summed E-state index contributed by atoms with van der Waals surface area (Å²) < 4.78 is 14.3. The molecule has 2 aliphatic rings. The van der Waals surface area contributed by atoms with Gasteiger partial charge in [0.05, 0.1) is 18.2 Å². The van der Waals surface area contributed by atoms with Crippen molar-refractivity contribution in [2.24, 2.45) is 0 Å². The Bertz CT molecular complexity index is 897. The van der Waals surface area contributed by atoms with Crippen molar-refractivity contribution in [3.8, 4) is 0 Å². The van der Waals surface area contributed by atoms with Crippen molar-refractivity contribution in [2.75, 3.05) is 13.1 Å². The molecule has 29 heavy (non-hydrogen) atoms. The van der Waals surface area contributed by atoms with Crippen LogP contribution in [0.4, 0.5) is 9.18 Å². The fraction of sp³-hybridized carbons (Fsp3) is 0.364. The number of halogens is 1. The van der Waals surface area contributed by atoms with E-state index >= 15 is 0 Å². The Morgan fingerprint density at radius 2 is 1.76 bits per heavy atom. The van der Waals surface area contributed by atoms with Gasteiger partial charge >= 0.3 is 6.09 Å². The quantitative estimate of drug-likeness (QED) is 0.832. The van der Waals surface area contributed by atoms with Gasteiger partial charge < -0.3 is 14.9 Å². The summed E-state index contributed by atoms with van der Waals surface area (Å²) in [6, 6.07) is 15.8. The summed E-state index contributed by atoms with van der Waals surface area (Å²) >= 11 is 0. The summed E-state index contributed by atoms with van der Waals surface area (Å²) in [4.78, 5) is 27.7. The van der Waals surface area contributed by atoms with E-state index < -0.39 is 17.8 Å². The van der Waals surface area contributed by atoms with Gasteiger partial charge in [-0.25, -0.2) is 9.18 Å². The summed E-state index contributed by atoms with van der Waals surface area (Å²) in [6.07, 6.45) is 0.540. The number of nitrogens with one attached hydrogen (secondary N) is 1. The number of hydrogen-bond acceptors (Lipinski definition) is 3. The van der Waals surface area contributed by atoms with E-state index in [1.54, 1.807) is 23.1 Å². The normalized spacial score (nSPS) is 21.0. The Balaban J connectivity index is 1.60. The van der Waals surface area contributed by atoms with Crippen LogP contribution >= 0.6 is 0 Å². The molecule has 0 radical (unpaired) electrons. The number of likely N-dealkylation sites (tertiary alicyclic amines) is 1. The molecule has 7 heteroatoms. The van der Waals surface area contributed by atoms with E-state index in [0.29, 0.717) is 37.9 Å². The summed E-state index contributed by atoms with van der Waals surface area (Å²) in [5.41, 5.74) is 0.845. The highest BCUT2D eigenvalue weighted by atomic mass is 19.1. The number of amides is 2. The molecule has 4 rings (SSSR count). The molecule has 0 bridgehead atoms. The van der Waals surface area contributed by atoms with Crippen molar-refractivity contribution in [3.63, 3.8) is 0 Å². The second-order valence-corrected chi connectivity index (χ2v) is 7.70. The van der Waals surface area contributed by atoms with Crippen LogP contribution in [0.5, 0.6) is 0 Å². The molecular weight excluding hydrogens is 373 g/mol. The lowest BCUT2D eigenvalue weighted by Crippen LogP contribution is -2.59. The van der Waals surface area contributed by atoms with Crippen LogP contribution in [0.1, 0.15) is 24.0 Å². The minimum absolute atomic E-state index is 0.0686. The van der Waals surface area contributed by atoms with Gasteiger partial charge in [0.15, 0.2) is 0 Å². The number of rotatable bonds is 4. The highest BCUT2D eigenvalue weighted by molar-refractivity contribution is 5.85. The van der Waals surface area contributed by atoms with E-state index in [0.717, 1.165) is 5.56 Å². The van der Waals surface area contributed by atoms with Gasteiger partial charge in [-0.2, -0.15) is 0 Å². The summed E-state index contributed by atoms with van der Waals surface area (Å²) in [7, 11) is 0. The average Bonchev–Trinajstić information content (AvgIpc) is 2.96. The van der Waals surface area contributed by atoms with Crippen molar-refractivity contribution in [1.82, 2.24) is 15.1 Å². The van der Waals surface area contributed by atoms with Gasteiger partial charge in [0.25, 0.3) is 0 Å². The Labute approximate surface area is 168 Å². The summed E-state index contributed by atoms with van der Waals surface area (Å²) in [6.45, 7) is 0.833. The third-order valence-corrected chi connectivity index (χ3v) is 5.95. The molecule has 6 nitrogen and oxygen atoms in total. The minimum Gasteiger partial charge on any atom is -0.465 e. The lowest BCUT2D eigenvalue weighted by atomic mass is 9.95. The van der Waals surface area contributed by atoms with Gasteiger partial charge in [0, 0.05) is 31.5 Å². The highest BCUT2D eigenvalue weighted by Gasteiger charge is 2.51. The fourth-order valence-corrected chi connectivity index (χ4v) is 4.36. The van der Waals surface area contributed by atoms with Gasteiger partial charge in [-0.15, -0.1) is 0 Å². The topological polar surface area (TPSA) is 72.9 Å². The number of carbonyl (C=O) groups is 2. The first-order chi connectivity index (χ1) is 14.0. The Hall–Kier alpha value is -2.93. The van der Waals surface area contributed by atoms with Crippen LogP contribution in [0.3, 0.4) is 0 Å². The lowest BCUT2D eigenvalue weighted by molar-refractivity contribution is -0.134. The van der Waals surface area contributed by atoms with Crippen LogP contribution < -0.4 is 5.32 Å². The lowest BCUT2D eigenvalue weighted by Gasteiger charge is -2.44. The molecule has 0 aromatic heterocycles. The second kappa shape index (κ2) is 7.83. The van der Waals surface area contributed by atoms with E-state index in [4.69, 9.17) is 0 Å². The molecule has 2 aliphatic heterocycles. The van der Waals surface area contributed by atoms with Crippen LogP contribution in [0.25, 0.3) is 0 Å². The number of carboxylic acid groups (broad SMARTS) is 1. The zero-order valence-electron chi connectivity index (χ0n) is 16.1. The van der Waals surface area contributed by atoms with Crippen LogP contribution in [0.2, 0.25) is 0 Å². The molecule has 1 atom stereocenters. The predicted molar refractivity (Wildman–Crippen MR) is 106 cm³/mol. The van der Waals surface area contributed by atoms with Crippen LogP contribution in [0.15, 0.2) is 54.6 Å². The Morgan fingerprint density at radius 1 is 1.10 bits per heavy atom. The van der Waals surface area contributed by atoms with E-state index in [1.807, 2.05) is 30.3 Å². The highest BCUT2D eigenvalue weighted by Crippen LogP contribution is 2.35. The smallest absolute Gasteiger partial charge is 0.407 e. The SMILES string of the molecule is O=C(O)N1CCC2(CC1)NC(Cc1ccccc1)C(=O)N2Cc1ccccc1F. The number of nitrogens with zero attached hydrogens (tertiary/aromatic N) is 2. The van der Waals surface area contributed by atoms with Gasteiger partial charge in [-0.05, 0) is 18.1 Å². The van der Waals surface area contributed by atoms with Crippen molar-refractivity contribution in [3.05, 3.63) is 71.5 Å². The molecule has 0 saturated carbocycles. The average molecular weight is 397 g/mol. The van der Waals surface area contributed by atoms with Gasteiger partial charge in [-0.3, -0.25) is 10.1 Å². The van der Waals surface area contributed by atoms with Crippen LogP contribution in [0, 0.1) is 5.82 Å². The number of piperidine rings is 1. The molecule has 2 amide bonds. The van der Waals surface area contributed by atoms with Crippen molar-refractivity contribution in [1.29, 1.82) is 0 Å². The maximum atomic E-state index is 14.3. The van der Waals surface area contributed by atoms with Gasteiger partial charge in [0.2, 0.25) is 5.91 Å². The molecular formula is C22H24FN3O3. The first-order valence-electron chi connectivity index (χ1n) is 9.83. The molecule has 1 spiro atoms. The van der Waals surface area contributed by atoms with Crippen molar-refractivity contribution >= 4 is 12.0 Å². The van der Waals surface area contributed by atoms with Crippen LogP contribution in [-0.2, 0) is 17.8 Å². The first kappa shape index (κ1) is 19.4. The number of benzene rings is 2. The van der Waals surface area contributed by atoms with Crippen LogP contribution in [-0.4, -0.2) is 51.7 Å². The third-order valence-electron chi connectivity index (χ3n) is 5.95. The molecule has 152 valence electrons. The minimum atomic E-state index is -0.953. The molecule has 2 aromatic rings. The van der Waals surface area contributed by atoms with Gasteiger partial charge in [0.1, 0.15) is 5.82 Å². The maximum absolute atomic E-state index is 14.3. The molecule has 2 heterocycles. The van der Waals surface area contributed by atoms with Crippen molar-refractivity contribution < 1.29 is 19.1 Å². The van der Waals surface area contributed by atoms with E-state index in [-0.39, 0.29) is 18.3 Å². The monoisotopic (exact) mass is 397 g/mol. The summed E-state index contributed by atoms with van der Waals surface area (Å²) in [5, 5.41) is 12.8. The molecule has 2 fully saturated rings. The molecule has 2 aromatic carbocycles. The Kier molecular flexibility index (Phi) is 5.24. The molecule has 1 unspecified atom stereocenters. The molecule has 2 N–H and O–H groups in total. The zero-order valence-corrected chi connectivity index (χ0v) is 16.1. The number of hydrogen-bond donors (Lipinski definition) is 2. The van der Waals surface area contributed by atoms with E-state index in [9.17, 15) is 19.1 Å². The first-order valence-corrected chi connectivity index (χ1v) is 9.83. The third kappa shape index (κ3) is 3.82.